The SMILES string of the molecule is CN=C(NCC(C)SC)Nc1cc(OC)c(OC)c(OC)c1.I. The predicted octanol–water partition coefficient (Wildman–Crippen LogP) is 3.07. The Bertz CT molecular complexity index is 490. The molecule has 0 aliphatic rings. The van der Waals surface area contributed by atoms with Crippen LogP contribution in [0.2, 0.25) is 0 Å². The van der Waals surface area contributed by atoms with Crippen molar-refractivity contribution >= 4 is 47.4 Å². The van der Waals surface area contributed by atoms with Gasteiger partial charge >= 0.3 is 0 Å². The molecule has 0 amide bonds. The van der Waals surface area contributed by atoms with E-state index in [4.69, 9.17) is 14.2 Å². The second-order valence-corrected chi connectivity index (χ2v) is 5.81. The number of anilines is 1. The van der Waals surface area contributed by atoms with Gasteiger partial charge in [-0.2, -0.15) is 11.8 Å². The quantitative estimate of drug-likeness (QED) is 0.375. The lowest BCUT2D eigenvalue weighted by molar-refractivity contribution is 0.324. The summed E-state index contributed by atoms with van der Waals surface area (Å²) < 4.78 is 16.0. The van der Waals surface area contributed by atoms with E-state index in [9.17, 15) is 0 Å². The van der Waals surface area contributed by atoms with Gasteiger partial charge in [-0.25, -0.2) is 0 Å². The van der Waals surface area contributed by atoms with E-state index in [1.165, 1.54) is 0 Å². The van der Waals surface area contributed by atoms with Crippen LogP contribution >= 0.6 is 35.7 Å². The molecule has 6 nitrogen and oxygen atoms in total. The molecular formula is C15H26IN3O3S. The molecule has 2 N–H and O–H groups in total. The number of hydrogen-bond acceptors (Lipinski definition) is 5. The number of hydrogen-bond donors (Lipinski definition) is 2. The van der Waals surface area contributed by atoms with Gasteiger partial charge in [0.05, 0.1) is 21.3 Å². The maximum atomic E-state index is 5.34. The fourth-order valence-corrected chi connectivity index (χ4v) is 2.04. The maximum Gasteiger partial charge on any atom is 0.203 e. The fraction of sp³-hybridized carbons (Fsp3) is 0.533. The Morgan fingerprint density at radius 2 is 1.74 bits per heavy atom. The van der Waals surface area contributed by atoms with E-state index in [0.29, 0.717) is 28.5 Å². The number of methoxy groups -OCH3 is 3. The molecule has 0 spiro atoms. The lowest BCUT2D eigenvalue weighted by Crippen LogP contribution is -2.34. The molecule has 0 aromatic heterocycles. The molecule has 0 aliphatic heterocycles. The third-order valence-corrected chi connectivity index (χ3v) is 4.08. The predicted molar refractivity (Wildman–Crippen MR) is 109 cm³/mol. The molecule has 0 radical (unpaired) electrons. The first-order chi connectivity index (χ1) is 10.6. The average Bonchev–Trinajstić information content (AvgIpc) is 2.56. The number of benzene rings is 1. The third kappa shape index (κ3) is 6.54. The van der Waals surface area contributed by atoms with Gasteiger partial charge in [-0.1, -0.05) is 6.92 Å². The number of nitrogens with one attached hydrogen (secondary N) is 2. The Morgan fingerprint density at radius 3 is 2.13 bits per heavy atom. The van der Waals surface area contributed by atoms with Crippen LogP contribution in [-0.4, -0.2) is 52.4 Å². The highest BCUT2D eigenvalue weighted by molar-refractivity contribution is 14.0. The molecule has 132 valence electrons. The topological polar surface area (TPSA) is 64.1 Å². The summed E-state index contributed by atoms with van der Waals surface area (Å²) in [7, 11) is 6.50. The lowest BCUT2D eigenvalue weighted by Gasteiger charge is -2.17. The zero-order chi connectivity index (χ0) is 16.5. The van der Waals surface area contributed by atoms with Gasteiger partial charge in [0.1, 0.15) is 0 Å². The van der Waals surface area contributed by atoms with Crippen molar-refractivity contribution in [1.29, 1.82) is 0 Å². The molecule has 1 atom stereocenters. The van der Waals surface area contributed by atoms with E-state index in [1.807, 2.05) is 12.1 Å². The summed E-state index contributed by atoms with van der Waals surface area (Å²) in [6, 6.07) is 3.68. The Labute approximate surface area is 159 Å². The minimum absolute atomic E-state index is 0. The van der Waals surface area contributed by atoms with Crippen molar-refractivity contribution in [2.24, 2.45) is 4.99 Å². The van der Waals surface area contributed by atoms with Crippen molar-refractivity contribution in [3.63, 3.8) is 0 Å². The second kappa shape index (κ2) is 11.5. The highest BCUT2D eigenvalue weighted by atomic mass is 127. The number of rotatable bonds is 7. The minimum atomic E-state index is 0. The van der Waals surface area contributed by atoms with Crippen LogP contribution in [0.25, 0.3) is 0 Å². The monoisotopic (exact) mass is 455 g/mol. The summed E-state index contributed by atoms with van der Waals surface area (Å²) in [5.74, 6) is 2.44. The zero-order valence-electron chi connectivity index (χ0n) is 14.4. The van der Waals surface area contributed by atoms with Gasteiger partial charge < -0.3 is 24.8 Å². The summed E-state index contributed by atoms with van der Waals surface area (Å²) in [6.07, 6.45) is 2.09. The van der Waals surface area contributed by atoms with E-state index >= 15 is 0 Å². The Balaban J connectivity index is 0.00000484. The molecule has 0 saturated carbocycles. The summed E-state index contributed by atoms with van der Waals surface area (Å²) in [4.78, 5) is 4.22. The minimum Gasteiger partial charge on any atom is -0.493 e. The summed E-state index contributed by atoms with van der Waals surface area (Å²) in [5.41, 5.74) is 0.805. The molecule has 23 heavy (non-hydrogen) atoms. The van der Waals surface area contributed by atoms with Crippen LogP contribution in [0.5, 0.6) is 17.2 Å². The van der Waals surface area contributed by atoms with E-state index in [2.05, 4.69) is 28.8 Å². The van der Waals surface area contributed by atoms with Crippen LogP contribution in [0, 0.1) is 0 Å². The van der Waals surface area contributed by atoms with E-state index in [-0.39, 0.29) is 24.0 Å². The molecule has 1 unspecified atom stereocenters. The Kier molecular flexibility index (Phi) is 11.0. The van der Waals surface area contributed by atoms with Crippen molar-refractivity contribution < 1.29 is 14.2 Å². The van der Waals surface area contributed by atoms with E-state index < -0.39 is 0 Å². The molecule has 1 rings (SSSR count). The van der Waals surface area contributed by atoms with E-state index in [0.717, 1.165) is 12.2 Å². The molecule has 0 bridgehead atoms. The average molecular weight is 455 g/mol. The number of guanidine groups is 1. The Morgan fingerprint density at radius 1 is 1.17 bits per heavy atom. The first-order valence-electron chi connectivity index (χ1n) is 6.90. The fourth-order valence-electron chi connectivity index (χ4n) is 1.79. The van der Waals surface area contributed by atoms with Crippen LogP contribution in [0.3, 0.4) is 0 Å². The zero-order valence-corrected chi connectivity index (χ0v) is 17.6. The first kappa shape index (κ1) is 22.0. The van der Waals surface area contributed by atoms with Gasteiger partial charge in [-0.15, -0.1) is 24.0 Å². The van der Waals surface area contributed by atoms with Gasteiger partial charge in [-0.3, -0.25) is 4.99 Å². The van der Waals surface area contributed by atoms with Crippen molar-refractivity contribution in [3.8, 4) is 17.2 Å². The molecular weight excluding hydrogens is 429 g/mol. The molecule has 0 aliphatic carbocycles. The van der Waals surface area contributed by atoms with Crippen molar-refractivity contribution in [1.82, 2.24) is 5.32 Å². The van der Waals surface area contributed by atoms with Gasteiger partial charge in [0.15, 0.2) is 17.5 Å². The molecule has 0 saturated heterocycles. The highest BCUT2D eigenvalue weighted by Crippen LogP contribution is 2.39. The number of nitrogens with zero attached hydrogens (tertiary/aromatic N) is 1. The number of thioether (sulfide) groups is 1. The molecule has 8 heteroatoms. The van der Waals surface area contributed by atoms with Crippen LogP contribution in [-0.2, 0) is 0 Å². The normalized spacial score (nSPS) is 12.0. The highest BCUT2D eigenvalue weighted by Gasteiger charge is 2.14. The van der Waals surface area contributed by atoms with Crippen molar-refractivity contribution in [3.05, 3.63) is 12.1 Å². The van der Waals surface area contributed by atoms with Crippen molar-refractivity contribution in [2.75, 3.05) is 46.5 Å². The summed E-state index contributed by atoms with van der Waals surface area (Å²) >= 11 is 1.80. The maximum absolute atomic E-state index is 5.34. The largest absolute Gasteiger partial charge is 0.493 e. The molecule has 1 aromatic carbocycles. The van der Waals surface area contributed by atoms with E-state index in [1.54, 1.807) is 40.1 Å². The van der Waals surface area contributed by atoms with Crippen LogP contribution in [0.4, 0.5) is 5.69 Å². The number of halogens is 1. The number of ether oxygens (including phenoxy) is 3. The van der Waals surface area contributed by atoms with Crippen molar-refractivity contribution in [2.45, 2.75) is 12.2 Å². The van der Waals surface area contributed by atoms with Crippen LogP contribution < -0.4 is 24.8 Å². The molecule has 1 aromatic rings. The van der Waals surface area contributed by atoms with Gasteiger partial charge in [-0.05, 0) is 6.26 Å². The van der Waals surface area contributed by atoms with Gasteiger partial charge in [0, 0.05) is 36.7 Å². The lowest BCUT2D eigenvalue weighted by atomic mass is 10.2. The summed E-state index contributed by atoms with van der Waals surface area (Å²) in [5, 5.41) is 7.00. The molecule has 0 heterocycles. The van der Waals surface area contributed by atoms with Gasteiger partial charge in [0.2, 0.25) is 5.75 Å². The smallest absolute Gasteiger partial charge is 0.203 e. The summed E-state index contributed by atoms with van der Waals surface area (Å²) in [6.45, 7) is 2.98. The van der Waals surface area contributed by atoms with Crippen LogP contribution in [0.1, 0.15) is 6.92 Å². The standard InChI is InChI=1S/C15H25N3O3S.HI/c1-10(22-6)9-17-15(16-2)18-11-7-12(19-3)14(21-5)13(8-11)20-4;/h7-8,10H,9H2,1-6H3,(H2,16,17,18);1H. The van der Waals surface area contributed by atoms with Crippen LogP contribution in [0.15, 0.2) is 17.1 Å². The second-order valence-electron chi connectivity index (χ2n) is 4.54. The van der Waals surface area contributed by atoms with Gasteiger partial charge in [0.25, 0.3) is 0 Å². The first-order valence-corrected chi connectivity index (χ1v) is 8.18. The molecule has 0 fully saturated rings. The number of aliphatic imine (C=N–C) groups is 1. The Hall–Kier alpha value is -1.03. The third-order valence-electron chi connectivity index (χ3n) is 3.11.